The molecule has 0 N–H and O–H groups in total. The number of aryl methyl sites for hydroxylation is 1. The zero-order valence-electron chi connectivity index (χ0n) is 11.6. The smallest absolute Gasteiger partial charge is 0.255 e. The van der Waals surface area contributed by atoms with Gasteiger partial charge in [-0.05, 0) is 39.4 Å². The first kappa shape index (κ1) is 13.0. The second-order valence-electron chi connectivity index (χ2n) is 5.38. The van der Waals surface area contributed by atoms with Crippen molar-refractivity contribution in [2.45, 2.75) is 32.9 Å². The number of carbonyl (C=O) groups excluding carboxylic acids is 1. The lowest BCUT2D eigenvalue weighted by Crippen LogP contribution is -2.57. The molecule has 98 valence electrons. The summed E-state index contributed by atoms with van der Waals surface area (Å²) in [6.45, 7) is 8.02. The van der Waals surface area contributed by atoms with Crippen LogP contribution >= 0.6 is 0 Å². The maximum absolute atomic E-state index is 12.5. The van der Waals surface area contributed by atoms with Gasteiger partial charge in [-0.2, -0.15) is 0 Å². The van der Waals surface area contributed by atoms with E-state index in [0.717, 1.165) is 18.7 Å². The molecule has 1 amide bonds. The van der Waals surface area contributed by atoms with E-state index in [9.17, 15) is 4.79 Å². The number of pyridine rings is 1. The summed E-state index contributed by atoms with van der Waals surface area (Å²) in [6, 6.07) is 2.39. The van der Waals surface area contributed by atoms with E-state index in [-0.39, 0.29) is 18.0 Å². The molecule has 0 radical (unpaired) electrons. The van der Waals surface area contributed by atoms with Crippen LogP contribution in [-0.4, -0.2) is 52.9 Å². The van der Waals surface area contributed by atoms with Crippen molar-refractivity contribution in [1.82, 2.24) is 14.8 Å². The predicted octanol–water partition coefficient (Wildman–Crippen LogP) is 1.55. The maximum atomic E-state index is 12.5. The van der Waals surface area contributed by atoms with Crippen molar-refractivity contribution in [2.24, 2.45) is 0 Å². The molecule has 0 aliphatic carbocycles. The standard InChI is InChI=1S/C14H21N3O/c1-10-5-13(7-15-6-10)14(18)17-11(2)8-16(4)9-12(17)3/h5-7,11-12H,8-9H2,1-4H3. The van der Waals surface area contributed by atoms with E-state index in [0.29, 0.717) is 5.56 Å². The minimum atomic E-state index is 0.0966. The summed E-state index contributed by atoms with van der Waals surface area (Å²) in [5, 5.41) is 0. The highest BCUT2D eigenvalue weighted by Crippen LogP contribution is 2.18. The van der Waals surface area contributed by atoms with Crippen molar-refractivity contribution in [2.75, 3.05) is 20.1 Å². The number of aromatic nitrogens is 1. The summed E-state index contributed by atoms with van der Waals surface area (Å²) < 4.78 is 0. The summed E-state index contributed by atoms with van der Waals surface area (Å²) in [7, 11) is 2.10. The summed E-state index contributed by atoms with van der Waals surface area (Å²) >= 11 is 0. The van der Waals surface area contributed by atoms with Gasteiger partial charge in [0.1, 0.15) is 0 Å². The number of nitrogens with zero attached hydrogens (tertiary/aromatic N) is 3. The Bertz CT molecular complexity index is 434. The van der Waals surface area contributed by atoms with Crippen LogP contribution in [0.15, 0.2) is 18.5 Å². The number of amides is 1. The predicted molar refractivity (Wildman–Crippen MR) is 71.6 cm³/mol. The van der Waals surface area contributed by atoms with Crippen LogP contribution in [0, 0.1) is 6.92 Å². The fourth-order valence-corrected chi connectivity index (χ4v) is 2.81. The molecule has 0 spiro atoms. The van der Waals surface area contributed by atoms with Crippen molar-refractivity contribution in [3.05, 3.63) is 29.6 Å². The van der Waals surface area contributed by atoms with Gasteiger partial charge in [0, 0.05) is 37.6 Å². The van der Waals surface area contributed by atoms with Gasteiger partial charge in [-0.15, -0.1) is 0 Å². The molecule has 1 fully saturated rings. The van der Waals surface area contributed by atoms with Crippen molar-refractivity contribution in [3.63, 3.8) is 0 Å². The average molecular weight is 247 g/mol. The zero-order valence-corrected chi connectivity index (χ0v) is 11.6. The lowest BCUT2D eigenvalue weighted by atomic mass is 10.1. The minimum Gasteiger partial charge on any atom is -0.331 e. The van der Waals surface area contributed by atoms with Crippen molar-refractivity contribution in [1.29, 1.82) is 0 Å². The lowest BCUT2D eigenvalue weighted by Gasteiger charge is -2.43. The molecule has 1 saturated heterocycles. The van der Waals surface area contributed by atoms with Crippen LogP contribution in [-0.2, 0) is 0 Å². The fraction of sp³-hybridized carbons (Fsp3) is 0.571. The topological polar surface area (TPSA) is 36.4 Å². The van der Waals surface area contributed by atoms with E-state index in [4.69, 9.17) is 0 Å². The molecular formula is C14H21N3O. The van der Waals surface area contributed by atoms with E-state index in [1.54, 1.807) is 12.4 Å². The van der Waals surface area contributed by atoms with Gasteiger partial charge in [0.25, 0.3) is 5.91 Å². The molecule has 0 saturated carbocycles. The van der Waals surface area contributed by atoms with Crippen LogP contribution in [0.4, 0.5) is 0 Å². The maximum Gasteiger partial charge on any atom is 0.255 e. The third kappa shape index (κ3) is 2.53. The molecule has 2 unspecified atom stereocenters. The van der Waals surface area contributed by atoms with Crippen LogP contribution in [0.1, 0.15) is 29.8 Å². The summed E-state index contributed by atoms with van der Waals surface area (Å²) in [4.78, 5) is 20.9. The van der Waals surface area contributed by atoms with Crippen molar-refractivity contribution < 1.29 is 4.79 Å². The van der Waals surface area contributed by atoms with Crippen LogP contribution < -0.4 is 0 Å². The average Bonchev–Trinajstić information content (AvgIpc) is 2.27. The Kier molecular flexibility index (Phi) is 3.66. The molecule has 1 aliphatic heterocycles. The van der Waals surface area contributed by atoms with Gasteiger partial charge in [0.05, 0.1) is 5.56 Å². The molecule has 18 heavy (non-hydrogen) atoms. The van der Waals surface area contributed by atoms with E-state index >= 15 is 0 Å². The van der Waals surface area contributed by atoms with Gasteiger partial charge in [0.2, 0.25) is 0 Å². The Labute approximate surface area is 109 Å². The minimum absolute atomic E-state index is 0.0966. The molecule has 2 rings (SSSR count). The third-order valence-electron chi connectivity index (χ3n) is 3.46. The van der Waals surface area contributed by atoms with Gasteiger partial charge < -0.3 is 9.80 Å². The number of hydrogen-bond donors (Lipinski definition) is 0. The van der Waals surface area contributed by atoms with Gasteiger partial charge >= 0.3 is 0 Å². The normalized spacial score (nSPS) is 25.2. The van der Waals surface area contributed by atoms with Crippen LogP contribution in [0.2, 0.25) is 0 Å². The lowest BCUT2D eigenvalue weighted by molar-refractivity contribution is 0.0350. The van der Waals surface area contributed by atoms with Gasteiger partial charge in [-0.1, -0.05) is 0 Å². The molecule has 1 aliphatic rings. The first-order valence-electron chi connectivity index (χ1n) is 6.42. The van der Waals surface area contributed by atoms with Gasteiger partial charge in [0.15, 0.2) is 0 Å². The van der Waals surface area contributed by atoms with Crippen LogP contribution in [0.5, 0.6) is 0 Å². The van der Waals surface area contributed by atoms with Gasteiger partial charge in [-0.3, -0.25) is 9.78 Å². The first-order valence-corrected chi connectivity index (χ1v) is 6.42. The number of rotatable bonds is 1. The molecule has 0 aromatic carbocycles. The van der Waals surface area contributed by atoms with Crippen molar-refractivity contribution in [3.8, 4) is 0 Å². The number of hydrogen-bond acceptors (Lipinski definition) is 3. The second kappa shape index (κ2) is 5.06. The Morgan fingerprint density at radius 2 is 1.89 bits per heavy atom. The molecule has 2 atom stereocenters. The Balaban J connectivity index is 2.22. The van der Waals surface area contributed by atoms with E-state index < -0.39 is 0 Å². The van der Waals surface area contributed by atoms with E-state index in [1.807, 2.05) is 17.9 Å². The third-order valence-corrected chi connectivity index (χ3v) is 3.46. The van der Waals surface area contributed by atoms with Crippen LogP contribution in [0.25, 0.3) is 0 Å². The van der Waals surface area contributed by atoms with Crippen LogP contribution in [0.3, 0.4) is 0 Å². The molecule has 1 aromatic heterocycles. The molecule has 4 nitrogen and oxygen atoms in total. The van der Waals surface area contributed by atoms with E-state index in [1.165, 1.54) is 0 Å². The SMILES string of the molecule is Cc1cncc(C(=O)N2C(C)CN(C)CC2C)c1. The second-order valence-corrected chi connectivity index (χ2v) is 5.38. The summed E-state index contributed by atoms with van der Waals surface area (Å²) in [6.07, 6.45) is 3.43. The molecule has 0 bridgehead atoms. The van der Waals surface area contributed by atoms with E-state index in [2.05, 4.69) is 30.8 Å². The monoisotopic (exact) mass is 247 g/mol. The highest BCUT2D eigenvalue weighted by atomic mass is 16.2. The highest BCUT2D eigenvalue weighted by Gasteiger charge is 2.31. The number of piperazine rings is 1. The zero-order chi connectivity index (χ0) is 13.3. The Morgan fingerprint density at radius 1 is 1.28 bits per heavy atom. The fourth-order valence-electron chi connectivity index (χ4n) is 2.81. The molecule has 2 heterocycles. The summed E-state index contributed by atoms with van der Waals surface area (Å²) in [5.74, 6) is 0.0966. The van der Waals surface area contributed by atoms with Gasteiger partial charge in [-0.25, -0.2) is 0 Å². The summed E-state index contributed by atoms with van der Waals surface area (Å²) in [5.41, 5.74) is 1.72. The Morgan fingerprint density at radius 3 is 2.44 bits per heavy atom. The molecule has 1 aromatic rings. The number of likely N-dealkylation sites (N-methyl/N-ethyl adjacent to an activating group) is 1. The quantitative estimate of drug-likeness (QED) is 0.755. The first-order chi connectivity index (χ1) is 8.49. The molecular weight excluding hydrogens is 226 g/mol. The van der Waals surface area contributed by atoms with Crippen molar-refractivity contribution >= 4 is 5.91 Å². The molecule has 4 heteroatoms. The number of carbonyl (C=O) groups is 1. The largest absolute Gasteiger partial charge is 0.331 e. The highest BCUT2D eigenvalue weighted by molar-refractivity contribution is 5.94. The Hall–Kier alpha value is -1.42.